The van der Waals surface area contributed by atoms with E-state index < -0.39 is 60.4 Å². The van der Waals surface area contributed by atoms with E-state index in [-0.39, 0.29) is 22.3 Å². The van der Waals surface area contributed by atoms with Crippen LogP contribution in [-0.2, 0) is 4.74 Å². The SMILES string of the molecule is O=C(Oc1c(O)c2ccc(O[C@@H]3O[C@H](CO)[C@H](O)[C@H](O)[C@H]3O)cc2oc1=O)c1ccccc1. The third-order valence-electron chi connectivity index (χ3n) is 5.12. The molecule has 0 amide bonds. The Labute approximate surface area is 185 Å². The van der Waals surface area contributed by atoms with Gasteiger partial charge in [-0.2, -0.15) is 0 Å². The molecule has 11 heteroatoms. The molecule has 5 atom stereocenters. The van der Waals surface area contributed by atoms with Gasteiger partial charge in [0.2, 0.25) is 6.29 Å². The maximum Gasteiger partial charge on any atom is 0.383 e. The van der Waals surface area contributed by atoms with Gasteiger partial charge in [-0.15, -0.1) is 0 Å². The standard InChI is InChI=1S/C22H20O11/c23-9-14-16(25)17(26)18(27)22(32-14)30-11-6-7-12-13(8-11)31-21(29)19(15(12)24)33-20(28)10-4-2-1-3-5-10/h1-8,14,16-18,22-27H,9H2/t14-,16+,17+,18-,22-/m1/s1. The molecular weight excluding hydrogens is 440 g/mol. The zero-order chi connectivity index (χ0) is 23.7. The van der Waals surface area contributed by atoms with E-state index in [9.17, 15) is 35.1 Å². The van der Waals surface area contributed by atoms with Crippen LogP contribution in [0.1, 0.15) is 10.4 Å². The molecule has 0 unspecified atom stereocenters. The van der Waals surface area contributed by atoms with Gasteiger partial charge >= 0.3 is 11.6 Å². The molecular formula is C22H20O11. The Bertz CT molecular complexity index is 1200. The van der Waals surface area contributed by atoms with Gasteiger partial charge in [0.05, 0.1) is 17.6 Å². The Hall–Kier alpha value is -3.48. The number of hydrogen-bond donors (Lipinski definition) is 5. The average molecular weight is 460 g/mol. The van der Waals surface area contributed by atoms with Crippen LogP contribution < -0.4 is 15.1 Å². The summed E-state index contributed by atoms with van der Waals surface area (Å²) in [5.41, 5.74) is -1.08. The highest BCUT2D eigenvalue weighted by atomic mass is 16.7. The molecule has 11 nitrogen and oxygen atoms in total. The number of aliphatic hydroxyl groups excluding tert-OH is 4. The smallest absolute Gasteiger partial charge is 0.383 e. The minimum Gasteiger partial charge on any atom is -0.504 e. The molecule has 0 radical (unpaired) electrons. The summed E-state index contributed by atoms with van der Waals surface area (Å²) in [5, 5.41) is 49.6. The van der Waals surface area contributed by atoms with E-state index in [0.717, 1.165) is 0 Å². The fourth-order valence-electron chi connectivity index (χ4n) is 3.34. The molecule has 174 valence electrons. The number of ether oxygens (including phenoxy) is 3. The lowest BCUT2D eigenvalue weighted by Crippen LogP contribution is -2.60. The lowest BCUT2D eigenvalue weighted by molar-refractivity contribution is -0.277. The highest BCUT2D eigenvalue weighted by molar-refractivity contribution is 5.93. The molecule has 0 bridgehead atoms. The van der Waals surface area contributed by atoms with E-state index in [0.29, 0.717) is 0 Å². The molecule has 2 heterocycles. The third-order valence-corrected chi connectivity index (χ3v) is 5.12. The van der Waals surface area contributed by atoms with Crippen LogP contribution >= 0.6 is 0 Å². The fraction of sp³-hybridized carbons (Fsp3) is 0.273. The van der Waals surface area contributed by atoms with E-state index in [1.54, 1.807) is 18.2 Å². The van der Waals surface area contributed by atoms with Crippen LogP contribution in [0.4, 0.5) is 0 Å². The van der Waals surface area contributed by atoms with Gasteiger partial charge < -0.3 is 44.2 Å². The van der Waals surface area contributed by atoms with Crippen LogP contribution in [0.5, 0.6) is 17.2 Å². The van der Waals surface area contributed by atoms with Gasteiger partial charge in [-0.1, -0.05) is 18.2 Å². The normalized spacial score (nSPS) is 25.0. The summed E-state index contributed by atoms with van der Waals surface area (Å²) in [6.45, 7) is -0.629. The van der Waals surface area contributed by atoms with Gasteiger partial charge in [-0.05, 0) is 24.3 Å². The van der Waals surface area contributed by atoms with Crippen molar-refractivity contribution < 1.29 is 49.0 Å². The molecule has 1 aliphatic rings. The Balaban J connectivity index is 1.59. The lowest BCUT2D eigenvalue weighted by Gasteiger charge is -2.39. The molecule has 3 aromatic rings. The zero-order valence-corrected chi connectivity index (χ0v) is 16.9. The van der Waals surface area contributed by atoms with Crippen LogP contribution in [-0.4, -0.2) is 68.8 Å². The van der Waals surface area contributed by atoms with E-state index in [1.165, 1.54) is 30.3 Å². The molecule has 1 aromatic heterocycles. The van der Waals surface area contributed by atoms with Crippen LogP contribution in [0.3, 0.4) is 0 Å². The number of benzene rings is 2. The van der Waals surface area contributed by atoms with Crippen molar-refractivity contribution in [3.8, 4) is 17.2 Å². The summed E-state index contributed by atoms with van der Waals surface area (Å²) in [7, 11) is 0. The Morgan fingerprint density at radius 2 is 1.73 bits per heavy atom. The number of carbonyl (C=O) groups excluding carboxylic acids is 1. The summed E-state index contributed by atoms with van der Waals surface area (Å²) < 4.78 is 20.9. The summed E-state index contributed by atoms with van der Waals surface area (Å²) in [4.78, 5) is 24.6. The third kappa shape index (κ3) is 4.40. The zero-order valence-electron chi connectivity index (χ0n) is 16.9. The minimum atomic E-state index is -1.64. The van der Waals surface area contributed by atoms with Crippen LogP contribution in [0.25, 0.3) is 11.0 Å². The summed E-state index contributed by atoms with van der Waals surface area (Å²) in [5.74, 6) is -2.15. The number of esters is 1. The lowest BCUT2D eigenvalue weighted by atomic mass is 9.99. The van der Waals surface area contributed by atoms with Gasteiger partial charge in [0.15, 0.2) is 5.75 Å². The number of aromatic hydroxyl groups is 1. The van der Waals surface area contributed by atoms with Gasteiger partial charge in [-0.3, -0.25) is 0 Å². The van der Waals surface area contributed by atoms with Crippen molar-refractivity contribution in [2.24, 2.45) is 0 Å². The van der Waals surface area contributed by atoms with E-state index in [2.05, 4.69) is 0 Å². The van der Waals surface area contributed by atoms with Crippen LogP contribution in [0.15, 0.2) is 57.7 Å². The van der Waals surface area contributed by atoms with Crippen LogP contribution in [0, 0.1) is 0 Å². The molecule has 1 fully saturated rings. The van der Waals surface area contributed by atoms with Crippen molar-refractivity contribution in [2.45, 2.75) is 30.7 Å². The molecule has 1 aliphatic heterocycles. The van der Waals surface area contributed by atoms with E-state index in [4.69, 9.17) is 18.6 Å². The quantitative estimate of drug-likeness (QED) is 0.254. The molecule has 0 spiro atoms. The van der Waals surface area contributed by atoms with E-state index >= 15 is 0 Å². The molecule has 0 aliphatic carbocycles. The fourth-order valence-corrected chi connectivity index (χ4v) is 3.34. The first kappa shape index (κ1) is 22.7. The number of rotatable bonds is 5. The Morgan fingerprint density at radius 1 is 1.00 bits per heavy atom. The second kappa shape index (κ2) is 9.17. The minimum absolute atomic E-state index is 0.0170. The monoisotopic (exact) mass is 460 g/mol. The van der Waals surface area contributed by atoms with Gasteiger partial charge in [0.25, 0.3) is 5.75 Å². The maximum atomic E-state index is 12.3. The molecule has 5 N–H and O–H groups in total. The van der Waals surface area contributed by atoms with E-state index in [1.807, 2.05) is 0 Å². The highest BCUT2D eigenvalue weighted by Crippen LogP contribution is 2.34. The summed E-state index contributed by atoms with van der Waals surface area (Å²) in [6, 6.07) is 11.7. The van der Waals surface area contributed by atoms with Crippen molar-refractivity contribution in [1.82, 2.24) is 0 Å². The second-order valence-corrected chi connectivity index (χ2v) is 7.30. The summed E-state index contributed by atoms with van der Waals surface area (Å²) in [6.07, 6.45) is -7.44. The second-order valence-electron chi connectivity index (χ2n) is 7.30. The Kier molecular flexibility index (Phi) is 6.31. The first-order chi connectivity index (χ1) is 15.8. The molecule has 4 rings (SSSR count). The van der Waals surface area contributed by atoms with Crippen molar-refractivity contribution in [1.29, 1.82) is 0 Å². The highest BCUT2D eigenvalue weighted by Gasteiger charge is 2.44. The number of hydrogen-bond acceptors (Lipinski definition) is 11. The van der Waals surface area contributed by atoms with Gasteiger partial charge in [0.1, 0.15) is 35.7 Å². The Morgan fingerprint density at radius 3 is 2.42 bits per heavy atom. The molecule has 2 aromatic carbocycles. The molecule has 1 saturated heterocycles. The van der Waals surface area contributed by atoms with Crippen LogP contribution in [0.2, 0.25) is 0 Å². The van der Waals surface area contributed by atoms with Crippen molar-refractivity contribution in [3.63, 3.8) is 0 Å². The first-order valence-corrected chi connectivity index (χ1v) is 9.84. The maximum absolute atomic E-state index is 12.3. The predicted octanol–water partition coefficient (Wildman–Crippen LogP) is -0.104. The van der Waals surface area contributed by atoms with Crippen molar-refractivity contribution >= 4 is 16.9 Å². The largest absolute Gasteiger partial charge is 0.504 e. The molecule has 0 saturated carbocycles. The van der Waals surface area contributed by atoms with Crippen molar-refractivity contribution in [3.05, 3.63) is 64.5 Å². The first-order valence-electron chi connectivity index (χ1n) is 9.84. The average Bonchev–Trinajstić information content (AvgIpc) is 2.82. The van der Waals surface area contributed by atoms with Gasteiger partial charge in [-0.25, -0.2) is 9.59 Å². The number of fused-ring (bicyclic) bond motifs is 1. The predicted molar refractivity (Wildman–Crippen MR) is 110 cm³/mol. The molecule has 33 heavy (non-hydrogen) atoms. The number of aliphatic hydroxyl groups is 4. The summed E-state index contributed by atoms with van der Waals surface area (Å²) >= 11 is 0. The number of carbonyl (C=O) groups is 1. The van der Waals surface area contributed by atoms with Crippen molar-refractivity contribution in [2.75, 3.05) is 6.61 Å². The topological polar surface area (TPSA) is 176 Å². The van der Waals surface area contributed by atoms with Gasteiger partial charge in [0, 0.05) is 6.07 Å².